The Morgan fingerprint density at radius 3 is 2.52 bits per heavy atom. The van der Waals surface area contributed by atoms with Crippen molar-refractivity contribution < 1.29 is 27.2 Å². The van der Waals surface area contributed by atoms with E-state index >= 15 is 0 Å². The van der Waals surface area contributed by atoms with Crippen molar-refractivity contribution in [2.45, 2.75) is 25.6 Å². The van der Waals surface area contributed by atoms with Crippen molar-refractivity contribution in [2.24, 2.45) is 0 Å². The Labute approximate surface area is 153 Å². The van der Waals surface area contributed by atoms with Crippen LogP contribution in [0.3, 0.4) is 0 Å². The van der Waals surface area contributed by atoms with Crippen LogP contribution in [0, 0.1) is 0 Å². The molecule has 1 heterocycles. The molecule has 0 N–H and O–H groups in total. The number of benzene rings is 2. The van der Waals surface area contributed by atoms with Gasteiger partial charge in [-0.25, -0.2) is 0 Å². The van der Waals surface area contributed by atoms with Crippen molar-refractivity contribution in [2.75, 3.05) is 7.11 Å². The third-order valence-corrected chi connectivity index (χ3v) is 3.82. The van der Waals surface area contributed by atoms with E-state index in [0.29, 0.717) is 17.1 Å². The maximum absolute atomic E-state index is 12.8. The fourth-order valence-electron chi connectivity index (χ4n) is 2.50. The number of hydrogen-bond donors (Lipinski definition) is 0. The highest BCUT2D eigenvalue weighted by Crippen LogP contribution is 2.31. The Balaban J connectivity index is 1.71. The fraction of sp³-hybridized carbons (Fsp3) is 0.263. The molecule has 0 aliphatic heterocycles. The number of para-hydroxylation sites is 2. The van der Waals surface area contributed by atoms with Gasteiger partial charge in [-0.3, -0.25) is 0 Å². The lowest BCUT2D eigenvalue weighted by Gasteiger charge is -2.13. The number of methoxy groups -OCH3 is 1. The van der Waals surface area contributed by atoms with Crippen molar-refractivity contribution in [3.63, 3.8) is 0 Å². The minimum absolute atomic E-state index is 0.120. The SMILES string of the molecule is COc1ccccc1O[C@@H](C)c1nc(Cc2cccc(C(F)(F)F)c2)no1. The third kappa shape index (κ3) is 4.58. The van der Waals surface area contributed by atoms with Crippen LogP contribution >= 0.6 is 0 Å². The van der Waals surface area contributed by atoms with E-state index in [1.807, 2.05) is 6.07 Å². The smallest absolute Gasteiger partial charge is 0.416 e. The first-order chi connectivity index (χ1) is 12.9. The fourth-order valence-corrected chi connectivity index (χ4v) is 2.50. The molecule has 27 heavy (non-hydrogen) atoms. The van der Waals surface area contributed by atoms with Crippen molar-refractivity contribution >= 4 is 0 Å². The minimum atomic E-state index is -4.39. The normalized spacial score (nSPS) is 12.6. The molecule has 0 saturated heterocycles. The molecule has 0 aliphatic carbocycles. The van der Waals surface area contributed by atoms with Gasteiger partial charge >= 0.3 is 6.18 Å². The second kappa shape index (κ2) is 7.69. The molecule has 142 valence electrons. The van der Waals surface area contributed by atoms with E-state index in [4.69, 9.17) is 14.0 Å². The van der Waals surface area contributed by atoms with Gasteiger partial charge in [0.1, 0.15) is 0 Å². The van der Waals surface area contributed by atoms with Crippen LogP contribution in [0.15, 0.2) is 53.1 Å². The third-order valence-electron chi connectivity index (χ3n) is 3.82. The van der Waals surface area contributed by atoms with E-state index in [-0.39, 0.29) is 18.1 Å². The molecule has 0 aliphatic rings. The lowest BCUT2D eigenvalue weighted by atomic mass is 10.1. The first-order valence-corrected chi connectivity index (χ1v) is 8.15. The predicted molar refractivity (Wildman–Crippen MR) is 90.6 cm³/mol. The van der Waals surface area contributed by atoms with Crippen molar-refractivity contribution in [1.29, 1.82) is 0 Å². The van der Waals surface area contributed by atoms with Crippen LogP contribution in [0.1, 0.15) is 35.9 Å². The van der Waals surface area contributed by atoms with E-state index in [1.165, 1.54) is 13.2 Å². The van der Waals surface area contributed by atoms with Crippen molar-refractivity contribution in [1.82, 2.24) is 10.1 Å². The number of alkyl halides is 3. The van der Waals surface area contributed by atoms with Gasteiger partial charge in [0.25, 0.3) is 5.89 Å². The van der Waals surface area contributed by atoms with Crippen molar-refractivity contribution in [3.05, 3.63) is 71.4 Å². The maximum Gasteiger partial charge on any atom is 0.416 e. The van der Waals surface area contributed by atoms with Crippen LogP contribution in [0.5, 0.6) is 11.5 Å². The van der Waals surface area contributed by atoms with Crippen LogP contribution in [-0.4, -0.2) is 17.3 Å². The average molecular weight is 378 g/mol. The average Bonchev–Trinajstić information content (AvgIpc) is 3.10. The summed E-state index contributed by atoms with van der Waals surface area (Å²) in [6, 6.07) is 12.2. The number of nitrogens with zero attached hydrogens (tertiary/aromatic N) is 2. The van der Waals surface area contributed by atoms with Crippen LogP contribution in [-0.2, 0) is 12.6 Å². The molecule has 1 aromatic heterocycles. The zero-order valence-corrected chi connectivity index (χ0v) is 14.7. The molecule has 0 fully saturated rings. The number of hydrogen-bond acceptors (Lipinski definition) is 5. The molecular weight excluding hydrogens is 361 g/mol. The molecule has 2 aromatic carbocycles. The minimum Gasteiger partial charge on any atom is -0.493 e. The standard InChI is InChI=1S/C19H17F3N2O3/c1-12(26-16-9-4-3-8-15(16)25-2)18-23-17(24-27-18)11-13-6-5-7-14(10-13)19(20,21)22/h3-10,12H,11H2,1-2H3/t12-/m0/s1. The highest BCUT2D eigenvalue weighted by Gasteiger charge is 2.30. The zero-order valence-electron chi connectivity index (χ0n) is 14.7. The predicted octanol–water partition coefficient (Wildman–Crippen LogP) is 4.83. The molecule has 3 aromatic rings. The molecule has 0 radical (unpaired) electrons. The summed E-state index contributed by atoms with van der Waals surface area (Å²) in [5, 5.41) is 3.83. The first-order valence-electron chi connectivity index (χ1n) is 8.15. The number of ether oxygens (including phenoxy) is 2. The number of halogens is 3. The second-order valence-corrected chi connectivity index (χ2v) is 5.83. The molecule has 8 heteroatoms. The summed E-state index contributed by atoms with van der Waals surface area (Å²) in [6.45, 7) is 1.73. The van der Waals surface area contributed by atoms with Gasteiger partial charge in [-0.15, -0.1) is 0 Å². The molecule has 0 spiro atoms. The Morgan fingerprint density at radius 2 is 1.81 bits per heavy atom. The molecule has 0 amide bonds. The summed E-state index contributed by atoms with van der Waals surface area (Å²) in [7, 11) is 1.53. The zero-order chi connectivity index (χ0) is 19.4. The molecule has 3 rings (SSSR count). The largest absolute Gasteiger partial charge is 0.493 e. The molecule has 0 bridgehead atoms. The van der Waals surface area contributed by atoms with E-state index in [0.717, 1.165) is 12.1 Å². The summed E-state index contributed by atoms with van der Waals surface area (Å²) < 4.78 is 54.6. The van der Waals surface area contributed by atoms with Crippen LogP contribution in [0.4, 0.5) is 13.2 Å². The van der Waals surface area contributed by atoms with Gasteiger partial charge in [0.15, 0.2) is 23.4 Å². The summed E-state index contributed by atoms with van der Waals surface area (Å²) in [6.07, 6.45) is -4.83. The van der Waals surface area contributed by atoms with Gasteiger partial charge in [0.05, 0.1) is 12.7 Å². The number of rotatable bonds is 6. The van der Waals surface area contributed by atoms with Crippen LogP contribution < -0.4 is 9.47 Å². The molecular formula is C19H17F3N2O3. The van der Waals surface area contributed by atoms with E-state index in [9.17, 15) is 13.2 Å². The van der Waals surface area contributed by atoms with Gasteiger partial charge in [0, 0.05) is 6.42 Å². The Hall–Kier alpha value is -3.03. The summed E-state index contributed by atoms with van der Waals surface area (Å²) in [5.41, 5.74) is -0.271. The first kappa shape index (κ1) is 18.8. The van der Waals surface area contributed by atoms with Crippen LogP contribution in [0.25, 0.3) is 0 Å². The van der Waals surface area contributed by atoms with E-state index in [1.54, 1.807) is 31.2 Å². The summed E-state index contributed by atoms with van der Waals surface area (Å²) in [4.78, 5) is 4.22. The van der Waals surface area contributed by atoms with Gasteiger partial charge in [-0.1, -0.05) is 35.5 Å². The lowest BCUT2D eigenvalue weighted by Crippen LogP contribution is -2.06. The maximum atomic E-state index is 12.8. The Kier molecular flexibility index (Phi) is 5.34. The Bertz CT molecular complexity index is 909. The molecule has 1 atom stereocenters. The van der Waals surface area contributed by atoms with Gasteiger partial charge in [0.2, 0.25) is 0 Å². The topological polar surface area (TPSA) is 57.4 Å². The van der Waals surface area contributed by atoms with Gasteiger partial charge in [-0.05, 0) is 30.7 Å². The molecule has 0 unspecified atom stereocenters. The lowest BCUT2D eigenvalue weighted by molar-refractivity contribution is -0.137. The Morgan fingerprint density at radius 1 is 1.07 bits per heavy atom. The summed E-state index contributed by atoms with van der Waals surface area (Å²) in [5.74, 6) is 1.58. The van der Waals surface area contributed by atoms with E-state index < -0.39 is 17.8 Å². The number of aromatic nitrogens is 2. The van der Waals surface area contributed by atoms with E-state index in [2.05, 4.69) is 10.1 Å². The van der Waals surface area contributed by atoms with Crippen LogP contribution in [0.2, 0.25) is 0 Å². The van der Waals surface area contributed by atoms with Gasteiger partial charge in [-0.2, -0.15) is 18.2 Å². The molecule has 5 nitrogen and oxygen atoms in total. The summed E-state index contributed by atoms with van der Waals surface area (Å²) >= 11 is 0. The van der Waals surface area contributed by atoms with Crippen molar-refractivity contribution in [3.8, 4) is 11.5 Å². The molecule has 0 saturated carbocycles. The van der Waals surface area contributed by atoms with Gasteiger partial charge < -0.3 is 14.0 Å². The monoisotopic (exact) mass is 378 g/mol. The second-order valence-electron chi connectivity index (χ2n) is 5.83. The highest BCUT2D eigenvalue weighted by molar-refractivity contribution is 5.39. The highest BCUT2D eigenvalue weighted by atomic mass is 19.4. The quantitative estimate of drug-likeness (QED) is 0.615.